The summed E-state index contributed by atoms with van der Waals surface area (Å²) in [5.41, 5.74) is 2.85. The van der Waals surface area contributed by atoms with Crippen LogP contribution in [-0.2, 0) is 12.8 Å². The lowest BCUT2D eigenvalue weighted by molar-refractivity contribution is 0.0688. The van der Waals surface area contributed by atoms with Crippen molar-refractivity contribution in [2.45, 2.75) is 57.8 Å². The summed E-state index contributed by atoms with van der Waals surface area (Å²) in [5.74, 6) is 1.79. The third-order valence-electron chi connectivity index (χ3n) is 5.04. The topological polar surface area (TPSA) is 87.9 Å². The molecule has 1 amide bonds. The fourth-order valence-electron chi connectivity index (χ4n) is 3.66. The summed E-state index contributed by atoms with van der Waals surface area (Å²) >= 11 is 0. The number of hydrogen-bond acceptors (Lipinski definition) is 5. The Morgan fingerprint density at radius 2 is 2.21 bits per heavy atom. The van der Waals surface area contributed by atoms with Crippen molar-refractivity contribution in [1.29, 1.82) is 0 Å². The number of carbonyl (C=O) groups excluding carboxylic acids is 1. The molecule has 1 saturated heterocycles. The summed E-state index contributed by atoms with van der Waals surface area (Å²) in [6.07, 6.45) is 4.97. The van der Waals surface area contributed by atoms with Crippen molar-refractivity contribution < 1.29 is 9.32 Å². The highest BCUT2D eigenvalue weighted by Crippen LogP contribution is 2.29. The molecule has 7 heteroatoms. The van der Waals surface area contributed by atoms with Gasteiger partial charge in [0, 0.05) is 30.3 Å². The molecule has 0 bridgehead atoms. The first-order valence-corrected chi connectivity index (χ1v) is 8.82. The van der Waals surface area contributed by atoms with Crippen molar-refractivity contribution in [2.24, 2.45) is 0 Å². The highest BCUT2D eigenvalue weighted by atomic mass is 16.5. The third kappa shape index (κ3) is 2.61. The Balaban J connectivity index is 1.50. The molecule has 7 nitrogen and oxygen atoms in total. The van der Waals surface area contributed by atoms with Gasteiger partial charge in [-0.05, 0) is 32.1 Å². The smallest absolute Gasteiger partial charge is 0.274 e. The zero-order valence-corrected chi connectivity index (χ0v) is 14.2. The van der Waals surface area contributed by atoms with E-state index in [1.807, 2.05) is 18.7 Å². The summed E-state index contributed by atoms with van der Waals surface area (Å²) < 4.78 is 5.44. The van der Waals surface area contributed by atoms with Gasteiger partial charge in [-0.15, -0.1) is 0 Å². The van der Waals surface area contributed by atoms with Gasteiger partial charge in [-0.25, -0.2) is 0 Å². The molecule has 128 valence electrons. The van der Waals surface area contributed by atoms with Gasteiger partial charge < -0.3 is 9.42 Å². The molecule has 2 aromatic rings. The van der Waals surface area contributed by atoms with E-state index in [-0.39, 0.29) is 17.7 Å². The molecule has 0 saturated carbocycles. The van der Waals surface area contributed by atoms with Crippen molar-refractivity contribution in [1.82, 2.24) is 25.2 Å². The van der Waals surface area contributed by atoms with Crippen molar-refractivity contribution >= 4 is 5.91 Å². The van der Waals surface area contributed by atoms with Gasteiger partial charge in [0.15, 0.2) is 11.5 Å². The number of rotatable bonds is 3. The molecular weight excluding hydrogens is 306 g/mol. The minimum Gasteiger partial charge on any atom is -0.339 e. The molecule has 1 aliphatic heterocycles. The quantitative estimate of drug-likeness (QED) is 0.934. The molecule has 0 unspecified atom stereocenters. The number of H-pyrrole nitrogens is 1. The normalized spacial score (nSPS) is 20.6. The van der Waals surface area contributed by atoms with Crippen molar-refractivity contribution in [2.75, 3.05) is 13.1 Å². The highest BCUT2D eigenvalue weighted by Gasteiger charge is 2.32. The number of nitrogens with one attached hydrogen (secondary N) is 1. The van der Waals surface area contributed by atoms with E-state index in [0.717, 1.165) is 55.7 Å². The second-order valence-electron chi connectivity index (χ2n) is 7.12. The zero-order chi connectivity index (χ0) is 16.7. The van der Waals surface area contributed by atoms with Crippen molar-refractivity contribution in [3.8, 4) is 0 Å². The van der Waals surface area contributed by atoms with Crippen LogP contribution in [0.3, 0.4) is 0 Å². The van der Waals surface area contributed by atoms with E-state index in [1.54, 1.807) is 0 Å². The summed E-state index contributed by atoms with van der Waals surface area (Å²) in [5, 5.41) is 11.3. The van der Waals surface area contributed by atoms with Crippen LogP contribution in [0.15, 0.2) is 4.52 Å². The van der Waals surface area contributed by atoms with Gasteiger partial charge in [-0.1, -0.05) is 19.0 Å². The molecule has 1 N–H and O–H groups in total. The summed E-state index contributed by atoms with van der Waals surface area (Å²) in [4.78, 5) is 19.3. The molecule has 2 aliphatic rings. The third-order valence-corrected chi connectivity index (χ3v) is 5.04. The largest absolute Gasteiger partial charge is 0.339 e. The lowest BCUT2D eigenvalue weighted by Gasteiger charge is -2.30. The number of carbonyl (C=O) groups is 1. The molecule has 3 heterocycles. The number of amides is 1. The number of aromatic amines is 1. The minimum atomic E-state index is 0.0303. The van der Waals surface area contributed by atoms with Gasteiger partial charge in [0.1, 0.15) is 0 Å². The van der Waals surface area contributed by atoms with E-state index in [0.29, 0.717) is 18.1 Å². The molecule has 24 heavy (non-hydrogen) atoms. The number of nitrogens with zero attached hydrogens (tertiary/aromatic N) is 4. The second kappa shape index (κ2) is 6.03. The molecule has 2 aromatic heterocycles. The summed E-state index contributed by atoms with van der Waals surface area (Å²) in [6, 6.07) is 0. The SMILES string of the molecule is CC(C)c1noc([C@@H]2CCCN(C(=O)c3n[nH]c4c3CCC4)C2)n1. The molecule has 0 aromatic carbocycles. The van der Waals surface area contributed by atoms with Crippen LogP contribution in [0.5, 0.6) is 0 Å². The molecule has 0 spiro atoms. The van der Waals surface area contributed by atoms with E-state index >= 15 is 0 Å². The second-order valence-corrected chi connectivity index (χ2v) is 7.12. The molecule has 4 rings (SSSR count). The van der Waals surface area contributed by atoms with E-state index in [4.69, 9.17) is 4.52 Å². The Morgan fingerprint density at radius 3 is 3.00 bits per heavy atom. The van der Waals surface area contributed by atoms with E-state index < -0.39 is 0 Å². The maximum absolute atomic E-state index is 12.9. The minimum absolute atomic E-state index is 0.0303. The molecule has 1 aliphatic carbocycles. The van der Waals surface area contributed by atoms with Gasteiger partial charge in [0.2, 0.25) is 5.89 Å². The van der Waals surface area contributed by atoms with Crippen LogP contribution in [0.4, 0.5) is 0 Å². The lowest BCUT2D eigenvalue weighted by atomic mass is 9.97. The Morgan fingerprint density at radius 1 is 1.33 bits per heavy atom. The maximum atomic E-state index is 12.9. The van der Waals surface area contributed by atoms with Gasteiger partial charge in [0.05, 0.1) is 5.92 Å². The monoisotopic (exact) mass is 329 g/mol. The number of fused-ring (bicyclic) bond motifs is 1. The van der Waals surface area contributed by atoms with Crippen molar-refractivity contribution in [3.63, 3.8) is 0 Å². The predicted octanol–water partition coefficient (Wildman–Crippen LogP) is 2.42. The van der Waals surface area contributed by atoms with Crippen LogP contribution in [0.25, 0.3) is 0 Å². The first kappa shape index (κ1) is 15.4. The summed E-state index contributed by atoms with van der Waals surface area (Å²) in [7, 11) is 0. The van der Waals surface area contributed by atoms with Crippen LogP contribution in [0, 0.1) is 0 Å². The zero-order valence-electron chi connectivity index (χ0n) is 14.2. The Hall–Kier alpha value is -2.18. The average Bonchev–Trinajstić information content (AvgIpc) is 3.30. The number of piperidine rings is 1. The van der Waals surface area contributed by atoms with Crippen LogP contribution >= 0.6 is 0 Å². The predicted molar refractivity (Wildman–Crippen MR) is 86.9 cm³/mol. The average molecular weight is 329 g/mol. The number of hydrogen-bond donors (Lipinski definition) is 1. The van der Waals surface area contributed by atoms with Crippen LogP contribution < -0.4 is 0 Å². The first-order chi connectivity index (χ1) is 11.6. The Kier molecular flexibility index (Phi) is 3.86. The van der Waals surface area contributed by atoms with Gasteiger partial charge >= 0.3 is 0 Å². The fraction of sp³-hybridized carbons (Fsp3) is 0.647. The van der Waals surface area contributed by atoms with Gasteiger partial charge in [-0.3, -0.25) is 9.89 Å². The Labute approximate surface area is 140 Å². The van der Waals surface area contributed by atoms with E-state index in [9.17, 15) is 4.79 Å². The molecule has 0 radical (unpaired) electrons. The number of aryl methyl sites for hydroxylation is 1. The van der Waals surface area contributed by atoms with Gasteiger partial charge in [0.25, 0.3) is 5.91 Å². The van der Waals surface area contributed by atoms with Crippen LogP contribution in [0.1, 0.15) is 78.4 Å². The summed E-state index contributed by atoms with van der Waals surface area (Å²) in [6.45, 7) is 5.48. The number of likely N-dealkylation sites (tertiary alicyclic amines) is 1. The lowest BCUT2D eigenvalue weighted by Crippen LogP contribution is -2.39. The molecule has 1 fully saturated rings. The van der Waals surface area contributed by atoms with Crippen LogP contribution in [-0.4, -0.2) is 44.2 Å². The first-order valence-electron chi connectivity index (χ1n) is 8.82. The Bertz CT molecular complexity index is 748. The van der Waals surface area contributed by atoms with E-state index in [2.05, 4.69) is 20.3 Å². The van der Waals surface area contributed by atoms with Gasteiger partial charge in [-0.2, -0.15) is 10.1 Å². The molecule has 1 atom stereocenters. The maximum Gasteiger partial charge on any atom is 0.274 e. The standard InChI is InChI=1S/C17H23N5O2/c1-10(2)15-18-16(24-21-15)11-5-4-8-22(9-11)17(23)14-12-6-3-7-13(12)19-20-14/h10-11H,3-9H2,1-2H3,(H,19,20)/t11-/m1/s1. The van der Waals surface area contributed by atoms with Crippen molar-refractivity contribution in [3.05, 3.63) is 28.7 Å². The molecular formula is C17H23N5O2. The van der Waals surface area contributed by atoms with Crippen LogP contribution in [0.2, 0.25) is 0 Å². The van der Waals surface area contributed by atoms with E-state index in [1.165, 1.54) is 0 Å². The fourth-order valence-corrected chi connectivity index (χ4v) is 3.66. The highest BCUT2D eigenvalue weighted by molar-refractivity contribution is 5.94. The number of aromatic nitrogens is 4.